The van der Waals surface area contributed by atoms with E-state index >= 15 is 0 Å². The number of anilines is 1. The van der Waals surface area contributed by atoms with Gasteiger partial charge in [-0.05, 0) is 30.7 Å². The van der Waals surface area contributed by atoms with Gasteiger partial charge in [0, 0.05) is 24.3 Å². The van der Waals surface area contributed by atoms with Gasteiger partial charge in [-0.25, -0.2) is 0 Å². The molecule has 0 saturated heterocycles. The van der Waals surface area contributed by atoms with Crippen molar-refractivity contribution in [2.45, 2.75) is 13.5 Å². The second-order valence-electron chi connectivity index (χ2n) is 4.84. The molecule has 2 rings (SSSR count). The van der Waals surface area contributed by atoms with Gasteiger partial charge in [-0.2, -0.15) is 0 Å². The fourth-order valence-electron chi connectivity index (χ4n) is 2.01. The molecule has 0 unspecified atom stereocenters. The lowest BCUT2D eigenvalue weighted by Gasteiger charge is -2.19. The fraction of sp³-hybridized carbons (Fsp3) is 0.188. The lowest BCUT2D eigenvalue weighted by molar-refractivity contribution is 0.0786. The third-order valence-corrected chi connectivity index (χ3v) is 3.52. The zero-order valence-electron chi connectivity index (χ0n) is 11.6. The molecule has 1 amide bonds. The molecule has 0 aromatic heterocycles. The molecule has 4 heteroatoms. The van der Waals surface area contributed by atoms with Gasteiger partial charge >= 0.3 is 0 Å². The summed E-state index contributed by atoms with van der Waals surface area (Å²) in [4.78, 5) is 14.1. The number of benzene rings is 2. The smallest absolute Gasteiger partial charge is 0.255 e. The molecule has 0 atom stereocenters. The number of hydrogen-bond acceptors (Lipinski definition) is 2. The molecule has 0 heterocycles. The maximum absolute atomic E-state index is 12.4. The highest BCUT2D eigenvalue weighted by Crippen LogP contribution is 2.20. The highest BCUT2D eigenvalue weighted by atomic mass is 35.5. The molecule has 0 spiro atoms. The predicted octanol–water partition coefficient (Wildman–Crippen LogP) is 3.50. The van der Waals surface area contributed by atoms with Crippen LogP contribution >= 0.6 is 11.6 Å². The van der Waals surface area contributed by atoms with Gasteiger partial charge in [-0.1, -0.05) is 41.4 Å². The van der Waals surface area contributed by atoms with Crippen molar-refractivity contribution in [3.05, 3.63) is 64.2 Å². The molecule has 0 saturated carbocycles. The molecule has 0 fully saturated rings. The SMILES string of the molecule is Cc1ccc(N)c(C(=O)N(C)Cc2ccccc2Cl)c1. The van der Waals surface area contributed by atoms with Crippen LogP contribution < -0.4 is 5.73 Å². The average molecular weight is 289 g/mol. The Hall–Kier alpha value is -2.00. The average Bonchev–Trinajstić information content (AvgIpc) is 2.43. The molecular formula is C16H17ClN2O. The van der Waals surface area contributed by atoms with Gasteiger partial charge in [0.1, 0.15) is 0 Å². The number of nitrogens with zero attached hydrogens (tertiary/aromatic N) is 1. The Morgan fingerprint density at radius 1 is 1.25 bits per heavy atom. The Balaban J connectivity index is 2.21. The van der Waals surface area contributed by atoms with Crippen molar-refractivity contribution in [1.29, 1.82) is 0 Å². The normalized spacial score (nSPS) is 10.3. The Bertz CT molecular complexity index is 640. The Kier molecular flexibility index (Phi) is 4.30. The molecule has 0 bridgehead atoms. The molecule has 0 aliphatic rings. The summed E-state index contributed by atoms with van der Waals surface area (Å²) in [6.07, 6.45) is 0. The Morgan fingerprint density at radius 2 is 1.95 bits per heavy atom. The number of rotatable bonds is 3. The summed E-state index contributed by atoms with van der Waals surface area (Å²) in [5, 5.41) is 0.657. The van der Waals surface area contributed by atoms with E-state index in [4.69, 9.17) is 17.3 Å². The standard InChI is InChI=1S/C16H17ClN2O/c1-11-7-8-15(18)13(9-11)16(20)19(2)10-12-5-3-4-6-14(12)17/h3-9H,10,18H2,1-2H3. The number of nitrogen functional groups attached to an aromatic ring is 1. The molecule has 0 aliphatic carbocycles. The molecule has 2 aromatic rings. The van der Waals surface area contributed by atoms with Crippen molar-refractivity contribution < 1.29 is 4.79 Å². The number of carbonyl (C=O) groups is 1. The number of nitrogens with two attached hydrogens (primary N) is 1. The minimum Gasteiger partial charge on any atom is -0.398 e. The number of aryl methyl sites for hydroxylation is 1. The maximum atomic E-state index is 12.4. The number of carbonyl (C=O) groups excluding carboxylic acids is 1. The van der Waals surface area contributed by atoms with Crippen molar-refractivity contribution in [3.63, 3.8) is 0 Å². The van der Waals surface area contributed by atoms with Crippen molar-refractivity contribution in [3.8, 4) is 0 Å². The summed E-state index contributed by atoms with van der Waals surface area (Å²) in [5.41, 5.74) is 8.82. The zero-order chi connectivity index (χ0) is 14.7. The second kappa shape index (κ2) is 5.97. The third-order valence-electron chi connectivity index (χ3n) is 3.15. The first-order valence-electron chi connectivity index (χ1n) is 6.34. The molecule has 3 nitrogen and oxygen atoms in total. The van der Waals surface area contributed by atoms with E-state index in [1.807, 2.05) is 37.3 Å². The maximum Gasteiger partial charge on any atom is 0.255 e. The van der Waals surface area contributed by atoms with E-state index in [1.165, 1.54) is 0 Å². The van der Waals surface area contributed by atoms with E-state index < -0.39 is 0 Å². The molecule has 2 N–H and O–H groups in total. The second-order valence-corrected chi connectivity index (χ2v) is 5.25. The van der Waals surface area contributed by atoms with Crippen LogP contribution in [0, 0.1) is 6.92 Å². The first-order valence-corrected chi connectivity index (χ1v) is 6.72. The van der Waals surface area contributed by atoms with Gasteiger partial charge in [0.25, 0.3) is 5.91 Å². The van der Waals surface area contributed by atoms with Crippen LogP contribution in [-0.4, -0.2) is 17.9 Å². The van der Waals surface area contributed by atoms with Crippen LogP contribution in [0.25, 0.3) is 0 Å². The lowest BCUT2D eigenvalue weighted by Crippen LogP contribution is -2.27. The Labute approximate surface area is 124 Å². The van der Waals surface area contributed by atoms with Crippen LogP contribution in [0.5, 0.6) is 0 Å². The number of amides is 1. The minimum absolute atomic E-state index is 0.105. The summed E-state index contributed by atoms with van der Waals surface area (Å²) < 4.78 is 0. The van der Waals surface area contributed by atoms with E-state index in [2.05, 4.69) is 0 Å². The number of halogens is 1. The van der Waals surface area contributed by atoms with E-state index in [1.54, 1.807) is 24.1 Å². The summed E-state index contributed by atoms with van der Waals surface area (Å²) >= 11 is 6.11. The van der Waals surface area contributed by atoms with Crippen LogP contribution in [-0.2, 0) is 6.54 Å². The van der Waals surface area contributed by atoms with Gasteiger partial charge < -0.3 is 10.6 Å². The quantitative estimate of drug-likeness (QED) is 0.879. The van der Waals surface area contributed by atoms with Crippen LogP contribution in [0.1, 0.15) is 21.5 Å². The molecule has 0 aliphatic heterocycles. The van der Waals surface area contributed by atoms with Gasteiger partial charge in [-0.3, -0.25) is 4.79 Å². The van der Waals surface area contributed by atoms with Gasteiger partial charge in [0.05, 0.1) is 5.56 Å². The van der Waals surface area contributed by atoms with E-state index in [0.29, 0.717) is 22.8 Å². The van der Waals surface area contributed by atoms with Crippen LogP contribution in [0.4, 0.5) is 5.69 Å². The Morgan fingerprint density at radius 3 is 2.65 bits per heavy atom. The van der Waals surface area contributed by atoms with Crippen LogP contribution in [0.15, 0.2) is 42.5 Å². The largest absolute Gasteiger partial charge is 0.398 e. The van der Waals surface area contributed by atoms with Crippen LogP contribution in [0.3, 0.4) is 0 Å². The molecule has 104 valence electrons. The van der Waals surface area contributed by atoms with Crippen LogP contribution in [0.2, 0.25) is 5.02 Å². The van der Waals surface area contributed by atoms with Crippen molar-refractivity contribution in [2.75, 3.05) is 12.8 Å². The molecule has 20 heavy (non-hydrogen) atoms. The van der Waals surface area contributed by atoms with Crippen molar-refractivity contribution in [2.24, 2.45) is 0 Å². The monoisotopic (exact) mass is 288 g/mol. The zero-order valence-corrected chi connectivity index (χ0v) is 12.3. The van der Waals surface area contributed by atoms with Gasteiger partial charge in [0.2, 0.25) is 0 Å². The number of hydrogen-bond donors (Lipinski definition) is 1. The van der Waals surface area contributed by atoms with E-state index in [-0.39, 0.29) is 5.91 Å². The first kappa shape index (κ1) is 14.4. The third kappa shape index (κ3) is 3.11. The fourth-order valence-corrected chi connectivity index (χ4v) is 2.21. The molecular weight excluding hydrogens is 272 g/mol. The minimum atomic E-state index is -0.105. The summed E-state index contributed by atoms with van der Waals surface area (Å²) in [5.74, 6) is -0.105. The summed E-state index contributed by atoms with van der Waals surface area (Å²) in [6, 6.07) is 12.9. The molecule has 0 radical (unpaired) electrons. The highest BCUT2D eigenvalue weighted by molar-refractivity contribution is 6.31. The predicted molar refractivity (Wildman–Crippen MR) is 82.8 cm³/mol. The molecule has 2 aromatic carbocycles. The topological polar surface area (TPSA) is 46.3 Å². The van der Waals surface area contributed by atoms with E-state index in [0.717, 1.165) is 11.1 Å². The van der Waals surface area contributed by atoms with Gasteiger partial charge in [0.15, 0.2) is 0 Å². The summed E-state index contributed by atoms with van der Waals surface area (Å²) in [6.45, 7) is 2.39. The van der Waals surface area contributed by atoms with Crippen molar-refractivity contribution in [1.82, 2.24) is 4.90 Å². The first-order chi connectivity index (χ1) is 9.49. The van der Waals surface area contributed by atoms with Gasteiger partial charge in [-0.15, -0.1) is 0 Å². The van der Waals surface area contributed by atoms with Crippen molar-refractivity contribution >= 4 is 23.2 Å². The lowest BCUT2D eigenvalue weighted by atomic mass is 10.1. The highest BCUT2D eigenvalue weighted by Gasteiger charge is 2.15. The summed E-state index contributed by atoms with van der Waals surface area (Å²) in [7, 11) is 1.74. The van der Waals surface area contributed by atoms with E-state index in [9.17, 15) is 4.79 Å².